The Kier molecular flexibility index (Phi) is 4.20. The lowest BCUT2D eigenvalue weighted by Gasteiger charge is -2.06. The third kappa shape index (κ3) is 3.33. The Morgan fingerprint density at radius 1 is 0.923 bits per heavy atom. The van der Waals surface area contributed by atoms with E-state index in [2.05, 4.69) is 15.6 Å². The van der Waals surface area contributed by atoms with Crippen LogP contribution in [0.4, 0.5) is 10.8 Å². The summed E-state index contributed by atoms with van der Waals surface area (Å²) >= 11 is 1.41. The summed E-state index contributed by atoms with van der Waals surface area (Å²) in [4.78, 5) is 28.9. The molecule has 0 fully saturated rings. The fraction of sp³-hybridized carbons (Fsp3) is 0. The molecule has 2 amide bonds. The first-order valence-corrected chi connectivity index (χ1v) is 8.62. The lowest BCUT2D eigenvalue weighted by molar-refractivity contribution is 0.0993. The molecular formula is C19H13N3O3S. The highest BCUT2D eigenvalue weighted by Crippen LogP contribution is 2.26. The number of nitrogens with zero attached hydrogens (tertiary/aromatic N) is 1. The van der Waals surface area contributed by atoms with Crippen molar-refractivity contribution in [2.45, 2.75) is 0 Å². The maximum atomic E-state index is 12.5. The third-order valence-electron chi connectivity index (χ3n) is 3.64. The number of hydrogen-bond acceptors (Lipinski definition) is 5. The molecule has 0 bridgehead atoms. The van der Waals surface area contributed by atoms with Gasteiger partial charge in [-0.1, -0.05) is 29.5 Å². The molecule has 0 radical (unpaired) electrons. The summed E-state index contributed by atoms with van der Waals surface area (Å²) in [7, 11) is 0. The SMILES string of the molecule is O=C(Nc1nc2ccccc2s1)c1cccc(NC(=O)c2ccco2)c1. The molecule has 0 aliphatic heterocycles. The second-order valence-corrected chi connectivity index (χ2v) is 6.48. The number of rotatable bonds is 4. The van der Waals surface area contributed by atoms with Crippen LogP contribution in [0.1, 0.15) is 20.9 Å². The zero-order valence-electron chi connectivity index (χ0n) is 13.4. The second-order valence-electron chi connectivity index (χ2n) is 5.45. The van der Waals surface area contributed by atoms with Crippen LogP contribution in [0.2, 0.25) is 0 Å². The van der Waals surface area contributed by atoms with Gasteiger partial charge in [-0.2, -0.15) is 0 Å². The molecule has 2 heterocycles. The van der Waals surface area contributed by atoms with Crippen molar-refractivity contribution in [3.63, 3.8) is 0 Å². The average Bonchev–Trinajstić information content (AvgIpc) is 3.31. The monoisotopic (exact) mass is 363 g/mol. The number of para-hydroxylation sites is 1. The second kappa shape index (κ2) is 6.81. The summed E-state index contributed by atoms with van der Waals surface area (Å²) < 4.78 is 6.06. The number of aromatic nitrogens is 1. The van der Waals surface area contributed by atoms with Gasteiger partial charge in [-0.3, -0.25) is 14.9 Å². The van der Waals surface area contributed by atoms with E-state index in [-0.39, 0.29) is 17.6 Å². The summed E-state index contributed by atoms with van der Waals surface area (Å²) in [6, 6.07) is 17.6. The summed E-state index contributed by atoms with van der Waals surface area (Å²) in [6.45, 7) is 0. The molecule has 26 heavy (non-hydrogen) atoms. The van der Waals surface area contributed by atoms with Crippen LogP contribution in [-0.4, -0.2) is 16.8 Å². The lowest BCUT2D eigenvalue weighted by Crippen LogP contribution is -2.14. The van der Waals surface area contributed by atoms with Crippen LogP contribution in [0.5, 0.6) is 0 Å². The van der Waals surface area contributed by atoms with Gasteiger partial charge in [-0.15, -0.1) is 0 Å². The molecular weight excluding hydrogens is 350 g/mol. The predicted molar refractivity (Wildman–Crippen MR) is 101 cm³/mol. The smallest absolute Gasteiger partial charge is 0.291 e. The molecule has 7 heteroatoms. The molecule has 2 aromatic carbocycles. The van der Waals surface area contributed by atoms with Gasteiger partial charge < -0.3 is 9.73 Å². The Morgan fingerprint density at radius 3 is 2.62 bits per heavy atom. The zero-order valence-corrected chi connectivity index (χ0v) is 14.2. The van der Waals surface area contributed by atoms with Crippen LogP contribution in [0.3, 0.4) is 0 Å². The van der Waals surface area contributed by atoms with Crippen LogP contribution in [-0.2, 0) is 0 Å². The van der Waals surface area contributed by atoms with Crippen molar-refractivity contribution in [1.82, 2.24) is 4.98 Å². The van der Waals surface area contributed by atoms with E-state index >= 15 is 0 Å². The highest BCUT2D eigenvalue weighted by Gasteiger charge is 2.12. The molecule has 2 aromatic heterocycles. The first-order valence-electron chi connectivity index (χ1n) is 7.81. The molecule has 0 unspecified atom stereocenters. The molecule has 0 aliphatic carbocycles. The van der Waals surface area contributed by atoms with Gasteiger partial charge in [0, 0.05) is 11.3 Å². The fourth-order valence-corrected chi connectivity index (χ4v) is 3.29. The van der Waals surface area contributed by atoms with Gasteiger partial charge >= 0.3 is 0 Å². The van der Waals surface area contributed by atoms with Gasteiger partial charge in [0.2, 0.25) is 0 Å². The van der Waals surface area contributed by atoms with Crippen molar-refractivity contribution in [2.75, 3.05) is 10.6 Å². The minimum Gasteiger partial charge on any atom is -0.459 e. The van der Waals surface area contributed by atoms with Gasteiger partial charge in [0.25, 0.3) is 11.8 Å². The number of carbonyl (C=O) groups excluding carboxylic acids is 2. The van der Waals surface area contributed by atoms with E-state index in [0.717, 1.165) is 10.2 Å². The molecule has 6 nitrogen and oxygen atoms in total. The molecule has 2 N–H and O–H groups in total. The Morgan fingerprint density at radius 2 is 1.81 bits per heavy atom. The number of thiazole rings is 1. The average molecular weight is 363 g/mol. The van der Waals surface area contributed by atoms with Gasteiger partial charge in [-0.25, -0.2) is 4.98 Å². The highest BCUT2D eigenvalue weighted by atomic mass is 32.1. The number of nitrogens with one attached hydrogen (secondary N) is 2. The Balaban J connectivity index is 1.50. The van der Waals surface area contributed by atoms with Crippen LogP contribution in [0.25, 0.3) is 10.2 Å². The first-order chi connectivity index (χ1) is 12.7. The van der Waals surface area contributed by atoms with Crippen molar-refractivity contribution in [3.8, 4) is 0 Å². The normalized spacial score (nSPS) is 10.6. The van der Waals surface area contributed by atoms with Crippen molar-refractivity contribution >= 4 is 44.2 Å². The number of fused-ring (bicyclic) bond motifs is 1. The summed E-state index contributed by atoms with van der Waals surface area (Å²) in [5.74, 6) is -0.466. The number of benzene rings is 2. The van der Waals surface area contributed by atoms with Crippen molar-refractivity contribution in [2.24, 2.45) is 0 Å². The Bertz CT molecular complexity index is 1050. The van der Waals surface area contributed by atoms with Crippen molar-refractivity contribution in [1.29, 1.82) is 0 Å². The molecule has 0 aliphatic rings. The minimum atomic E-state index is -0.376. The topological polar surface area (TPSA) is 84.2 Å². The molecule has 4 aromatic rings. The standard InChI is InChI=1S/C19H13N3O3S/c23-17(22-19-21-14-7-1-2-9-16(14)26-19)12-5-3-6-13(11-12)20-18(24)15-8-4-10-25-15/h1-11H,(H,20,24)(H,21,22,23). The van der Waals surface area contributed by atoms with E-state index in [1.54, 1.807) is 36.4 Å². The number of amides is 2. The maximum Gasteiger partial charge on any atom is 0.291 e. The van der Waals surface area contributed by atoms with E-state index in [0.29, 0.717) is 16.4 Å². The minimum absolute atomic E-state index is 0.203. The van der Waals surface area contributed by atoms with E-state index in [1.165, 1.54) is 17.6 Å². The van der Waals surface area contributed by atoms with Crippen molar-refractivity contribution in [3.05, 3.63) is 78.3 Å². The molecule has 0 saturated heterocycles. The quantitative estimate of drug-likeness (QED) is 0.563. The highest BCUT2D eigenvalue weighted by molar-refractivity contribution is 7.22. The first kappa shape index (κ1) is 16.0. The number of carbonyl (C=O) groups is 2. The van der Waals surface area contributed by atoms with Gasteiger partial charge in [-0.05, 0) is 42.5 Å². The van der Waals surface area contributed by atoms with Crippen LogP contribution in [0.15, 0.2) is 71.3 Å². The largest absolute Gasteiger partial charge is 0.459 e. The molecule has 0 saturated carbocycles. The van der Waals surface area contributed by atoms with Crippen LogP contribution in [0, 0.1) is 0 Å². The van der Waals surface area contributed by atoms with E-state index in [1.807, 2.05) is 24.3 Å². The zero-order chi connectivity index (χ0) is 17.9. The van der Waals surface area contributed by atoms with E-state index in [9.17, 15) is 9.59 Å². The Labute approximate surface area is 152 Å². The summed E-state index contributed by atoms with van der Waals surface area (Å²) in [5.41, 5.74) is 1.76. The van der Waals surface area contributed by atoms with Crippen LogP contribution >= 0.6 is 11.3 Å². The number of hydrogen-bond donors (Lipinski definition) is 2. The van der Waals surface area contributed by atoms with E-state index in [4.69, 9.17) is 4.42 Å². The third-order valence-corrected chi connectivity index (χ3v) is 4.59. The van der Waals surface area contributed by atoms with Gasteiger partial charge in [0.05, 0.1) is 16.5 Å². The lowest BCUT2D eigenvalue weighted by atomic mass is 10.2. The van der Waals surface area contributed by atoms with E-state index < -0.39 is 0 Å². The van der Waals surface area contributed by atoms with Gasteiger partial charge in [0.15, 0.2) is 10.9 Å². The molecule has 4 rings (SSSR count). The molecule has 0 spiro atoms. The van der Waals surface area contributed by atoms with Crippen molar-refractivity contribution < 1.29 is 14.0 Å². The fourth-order valence-electron chi connectivity index (χ4n) is 2.43. The maximum absolute atomic E-state index is 12.5. The van der Waals surface area contributed by atoms with Crippen LogP contribution < -0.4 is 10.6 Å². The molecule has 128 valence electrons. The number of furan rings is 1. The predicted octanol–water partition coefficient (Wildman–Crippen LogP) is 4.39. The summed E-state index contributed by atoms with van der Waals surface area (Å²) in [5, 5.41) is 6.02. The van der Waals surface area contributed by atoms with Gasteiger partial charge in [0.1, 0.15) is 0 Å². The Hall–Kier alpha value is -3.45. The molecule has 0 atom stereocenters. The number of anilines is 2. The summed E-state index contributed by atoms with van der Waals surface area (Å²) in [6.07, 6.45) is 1.43.